The van der Waals surface area contributed by atoms with Crippen molar-refractivity contribution < 1.29 is 19.1 Å². The molecule has 0 aliphatic carbocycles. The number of rotatable bonds is 9. The Bertz CT molecular complexity index is 1150. The largest absolute Gasteiger partial charge is 0.374 e. The third-order valence-electron chi connectivity index (χ3n) is 7.98. The lowest BCUT2D eigenvalue weighted by molar-refractivity contribution is -0.148. The summed E-state index contributed by atoms with van der Waals surface area (Å²) in [6.45, 7) is 9.06. The molecule has 2 aromatic rings. The molecule has 8 nitrogen and oxygen atoms in total. The average molecular weight is 535 g/mol. The Morgan fingerprint density at radius 1 is 1.10 bits per heavy atom. The summed E-state index contributed by atoms with van der Waals surface area (Å²) in [4.78, 5) is 44.5. The SMILES string of the molecule is CC(C)N1CC(c2ccccc2)C2(CCCN(C(=O)C(COCc3ccccc3)NC(=O)C(C)(C)N)C2)C1=O. The Hall–Kier alpha value is -3.23. The van der Waals surface area contributed by atoms with Crippen LogP contribution in [0.1, 0.15) is 57.6 Å². The monoisotopic (exact) mass is 534 g/mol. The van der Waals surface area contributed by atoms with Crippen molar-refractivity contribution >= 4 is 17.7 Å². The fourth-order valence-corrected chi connectivity index (χ4v) is 5.78. The topological polar surface area (TPSA) is 105 Å². The van der Waals surface area contributed by atoms with Gasteiger partial charge in [-0.05, 0) is 51.7 Å². The molecule has 0 saturated carbocycles. The predicted molar refractivity (Wildman–Crippen MR) is 151 cm³/mol. The quantitative estimate of drug-likeness (QED) is 0.515. The zero-order valence-corrected chi connectivity index (χ0v) is 23.6. The molecule has 39 heavy (non-hydrogen) atoms. The lowest BCUT2D eigenvalue weighted by atomic mass is 9.69. The van der Waals surface area contributed by atoms with Crippen molar-refractivity contribution in [3.8, 4) is 0 Å². The first-order chi connectivity index (χ1) is 18.5. The van der Waals surface area contributed by atoms with Gasteiger partial charge >= 0.3 is 0 Å². The van der Waals surface area contributed by atoms with Gasteiger partial charge in [0.15, 0.2) is 0 Å². The van der Waals surface area contributed by atoms with E-state index in [4.69, 9.17) is 10.5 Å². The van der Waals surface area contributed by atoms with Crippen LogP contribution < -0.4 is 11.1 Å². The lowest BCUT2D eigenvalue weighted by Crippen LogP contribution is -2.60. The van der Waals surface area contributed by atoms with Gasteiger partial charge in [0.25, 0.3) is 0 Å². The van der Waals surface area contributed by atoms with E-state index >= 15 is 0 Å². The van der Waals surface area contributed by atoms with Gasteiger partial charge in [0.2, 0.25) is 17.7 Å². The molecule has 2 aliphatic heterocycles. The van der Waals surface area contributed by atoms with Crippen LogP contribution in [-0.2, 0) is 25.7 Å². The minimum Gasteiger partial charge on any atom is -0.374 e. The molecule has 3 atom stereocenters. The smallest absolute Gasteiger partial charge is 0.247 e. The lowest BCUT2D eigenvalue weighted by Gasteiger charge is -2.43. The number of benzene rings is 2. The summed E-state index contributed by atoms with van der Waals surface area (Å²) >= 11 is 0. The molecule has 4 rings (SSSR count). The van der Waals surface area contributed by atoms with E-state index in [1.807, 2.05) is 67.3 Å². The number of hydrogen-bond donors (Lipinski definition) is 2. The number of carbonyl (C=O) groups excluding carboxylic acids is 3. The molecule has 2 fully saturated rings. The van der Waals surface area contributed by atoms with E-state index in [-0.39, 0.29) is 30.4 Å². The van der Waals surface area contributed by atoms with Gasteiger partial charge in [-0.2, -0.15) is 0 Å². The van der Waals surface area contributed by atoms with Gasteiger partial charge in [-0.3, -0.25) is 14.4 Å². The molecule has 0 radical (unpaired) electrons. The highest BCUT2D eigenvalue weighted by molar-refractivity contribution is 5.93. The summed E-state index contributed by atoms with van der Waals surface area (Å²) in [6, 6.07) is 19.0. The first-order valence-electron chi connectivity index (χ1n) is 13.9. The second-order valence-electron chi connectivity index (χ2n) is 11.8. The fraction of sp³-hybridized carbons (Fsp3) is 0.516. The molecule has 210 valence electrons. The number of nitrogens with zero attached hydrogens (tertiary/aromatic N) is 2. The summed E-state index contributed by atoms with van der Waals surface area (Å²) in [5.74, 6) is -0.592. The molecule has 2 heterocycles. The van der Waals surface area contributed by atoms with Crippen LogP contribution in [0.15, 0.2) is 60.7 Å². The molecule has 2 saturated heterocycles. The Morgan fingerprint density at radius 2 is 1.74 bits per heavy atom. The standard InChI is InChI=1S/C31H42N4O4/c1-22(2)35-18-25(24-14-9-6-10-15-24)31(29(35)38)16-11-17-34(21-31)27(36)26(33-28(37)30(3,4)32)20-39-19-23-12-7-5-8-13-23/h5-10,12-15,22,25-26H,11,16-21,32H2,1-4H3,(H,33,37). The Kier molecular flexibility index (Phi) is 8.76. The highest BCUT2D eigenvalue weighted by Gasteiger charge is 2.57. The van der Waals surface area contributed by atoms with Crippen molar-refractivity contribution in [2.24, 2.45) is 11.1 Å². The summed E-state index contributed by atoms with van der Waals surface area (Å²) in [6.07, 6.45) is 1.43. The average Bonchev–Trinajstić information content (AvgIpc) is 3.19. The molecule has 2 aromatic carbocycles. The fourth-order valence-electron chi connectivity index (χ4n) is 5.78. The number of carbonyl (C=O) groups is 3. The van der Waals surface area contributed by atoms with E-state index < -0.39 is 22.9 Å². The minimum atomic E-state index is -1.15. The van der Waals surface area contributed by atoms with Crippen LogP contribution in [0.2, 0.25) is 0 Å². The van der Waals surface area contributed by atoms with E-state index in [9.17, 15) is 14.4 Å². The normalized spacial score (nSPS) is 22.4. The number of ether oxygens (including phenoxy) is 1. The Labute approximate surface area is 231 Å². The van der Waals surface area contributed by atoms with Gasteiger partial charge in [-0.25, -0.2) is 0 Å². The van der Waals surface area contributed by atoms with Crippen LogP contribution in [-0.4, -0.2) is 71.4 Å². The van der Waals surface area contributed by atoms with Crippen molar-refractivity contribution in [2.75, 3.05) is 26.2 Å². The maximum atomic E-state index is 14.0. The molecular formula is C31H42N4O4. The van der Waals surface area contributed by atoms with Crippen LogP contribution in [0.3, 0.4) is 0 Å². The molecule has 0 aromatic heterocycles. The van der Waals surface area contributed by atoms with Crippen molar-refractivity contribution in [1.82, 2.24) is 15.1 Å². The van der Waals surface area contributed by atoms with Crippen molar-refractivity contribution in [3.63, 3.8) is 0 Å². The Morgan fingerprint density at radius 3 is 2.36 bits per heavy atom. The van der Waals surface area contributed by atoms with Crippen molar-refractivity contribution in [1.29, 1.82) is 0 Å². The van der Waals surface area contributed by atoms with E-state index in [2.05, 4.69) is 17.4 Å². The van der Waals surface area contributed by atoms with E-state index in [0.717, 1.165) is 17.5 Å². The van der Waals surface area contributed by atoms with Crippen molar-refractivity contribution in [3.05, 3.63) is 71.8 Å². The molecule has 1 spiro atoms. The number of hydrogen-bond acceptors (Lipinski definition) is 5. The van der Waals surface area contributed by atoms with Gasteiger partial charge in [0.05, 0.1) is 24.2 Å². The second kappa shape index (κ2) is 11.9. The second-order valence-corrected chi connectivity index (χ2v) is 11.8. The number of nitrogens with one attached hydrogen (secondary N) is 1. The maximum absolute atomic E-state index is 14.0. The first-order valence-corrected chi connectivity index (χ1v) is 13.9. The van der Waals surface area contributed by atoms with Crippen LogP contribution >= 0.6 is 0 Å². The number of nitrogens with two attached hydrogens (primary N) is 1. The molecule has 3 unspecified atom stereocenters. The van der Waals surface area contributed by atoms with Gasteiger partial charge in [0.1, 0.15) is 6.04 Å². The number of amides is 3. The van der Waals surface area contributed by atoms with E-state index in [0.29, 0.717) is 32.7 Å². The summed E-state index contributed by atoms with van der Waals surface area (Å²) in [7, 11) is 0. The van der Waals surface area contributed by atoms with Crippen LogP contribution in [0.25, 0.3) is 0 Å². The molecule has 0 bridgehead atoms. The van der Waals surface area contributed by atoms with Crippen LogP contribution in [0, 0.1) is 5.41 Å². The van der Waals surface area contributed by atoms with E-state index in [1.54, 1.807) is 18.7 Å². The summed E-state index contributed by atoms with van der Waals surface area (Å²) in [5.41, 5.74) is 6.27. The molecule has 2 aliphatic rings. The zero-order valence-electron chi connectivity index (χ0n) is 23.6. The predicted octanol–water partition coefficient (Wildman–Crippen LogP) is 3.07. The van der Waals surface area contributed by atoms with Gasteiger partial charge in [-0.1, -0.05) is 60.7 Å². The summed E-state index contributed by atoms with van der Waals surface area (Å²) < 4.78 is 5.91. The van der Waals surface area contributed by atoms with Crippen molar-refractivity contribution in [2.45, 2.75) is 70.7 Å². The van der Waals surface area contributed by atoms with Gasteiger partial charge < -0.3 is 25.6 Å². The minimum absolute atomic E-state index is 0.00717. The van der Waals surface area contributed by atoms with Gasteiger partial charge in [0, 0.05) is 31.6 Å². The first kappa shape index (κ1) is 28.8. The Balaban J connectivity index is 1.57. The number of likely N-dealkylation sites (tertiary alicyclic amines) is 2. The highest BCUT2D eigenvalue weighted by atomic mass is 16.5. The molecular weight excluding hydrogens is 492 g/mol. The van der Waals surface area contributed by atoms with Crippen LogP contribution in [0.5, 0.6) is 0 Å². The molecule has 3 N–H and O–H groups in total. The molecule has 8 heteroatoms. The maximum Gasteiger partial charge on any atom is 0.247 e. The van der Waals surface area contributed by atoms with E-state index in [1.165, 1.54) is 0 Å². The number of piperidine rings is 1. The molecule has 3 amide bonds. The highest BCUT2D eigenvalue weighted by Crippen LogP contribution is 2.50. The van der Waals surface area contributed by atoms with Crippen LogP contribution in [0.4, 0.5) is 0 Å². The van der Waals surface area contributed by atoms with Gasteiger partial charge in [-0.15, -0.1) is 0 Å². The third-order valence-corrected chi connectivity index (χ3v) is 7.98. The third kappa shape index (κ3) is 6.34. The zero-order chi connectivity index (χ0) is 28.2. The summed E-state index contributed by atoms with van der Waals surface area (Å²) in [5, 5.41) is 2.82.